The first kappa shape index (κ1) is 8.85. The molecule has 0 bridgehead atoms. The first-order valence-corrected chi connectivity index (χ1v) is 5.29. The Balaban J connectivity index is 1.84. The van der Waals surface area contributed by atoms with Crippen LogP contribution < -0.4 is 0 Å². The molecule has 78 valence electrons. The molecule has 2 aromatic heterocycles. The van der Waals surface area contributed by atoms with Crippen LogP contribution in [0.15, 0.2) is 18.3 Å². The molecule has 0 aliphatic carbocycles. The Morgan fingerprint density at radius 2 is 2.53 bits per heavy atom. The maximum atomic E-state index is 5.35. The van der Waals surface area contributed by atoms with Crippen molar-refractivity contribution in [3.05, 3.63) is 24.2 Å². The second-order valence-corrected chi connectivity index (χ2v) is 3.99. The van der Waals surface area contributed by atoms with Gasteiger partial charge in [0.05, 0.1) is 5.52 Å². The number of imidazole rings is 1. The lowest BCUT2D eigenvalue weighted by atomic mass is 10.1. The zero-order valence-electron chi connectivity index (χ0n) is 8.44. The molecular formula is C11H13N3O. The first-order valence-electron chi connectivity index (χ1n) is 5.29. The lowest BCUT2D eigenvalue weighted by Crippen LogP contribution is -2.04. The Labute approximate surface area is 87.7 Å². The monoisotopic (exact) mass is 203 g/mol. The van der Waals surface area contributed by atoms with E-state index in [1.165, 1.54) is 0 Å². The molecule has 0 aromatic carbocycles. The predicted octanol–water partition coefficient (Wildman–Crippen LogP) is 1.54. The van der Waals surface area contributed by atoms with Gasteiger partial charge in [0.1, 0.15) is 5.82 Å². The third-order valence-electron chi connectivity index (χ3n) is 2.81. The Morgan fingerprint density at radius 3 is 3.33 bits per heavy atom. The summed E-state index contributed by atoms with van der Waals surface area (Å²) in [6.45, 7) is 1.76. The zero-order valence-corrected chi connectivity index (χ0v) is 8.44. The van der Waals surface area contributed by atoms with E-state index in [-0.39, 0.29) is 0 Å². The Bertz CT molecular complexity index is 427. The number of fused-ring (bicyclic) bond motifs is 1. The van der Waals surface area contributed by atoms with Gasteiger partial charge in [-0.25, -0.2) is 9.97 Å². The van der Waals surface area contributed by atoms with E-state index in [9.17, 15) is 0 Å². The number of hydrogen-bond donors (Lipinski definition) is 1. The topological polar surface area (TPSA) is 50.8 Å². The number of nitrogens with zero attached hydrogens (tertiary/aromatic N) is 2. The van der Waals surface area contributed by atoms with Crippen LogP contribution in [0.2, 0.25) is 0 Å². The number of pyridine rings is 1. The molecule has 0 spiro atoms. The molecule has 4 heteroatoms. The fourth-order valence-corrected chi connectivity index (χ4v) is 2.01. The lowest BCUT2D eigenvalue weighted by molar-refractivity contribution is 0.185. The normalized spacial score (nSPS) is 21.2. The van der Waals surface area contributed by atoms with Gasteiger partial charge in [0.25, 0.3) is 0 Å². The minimum absolute atomic E-state index is 0.616. The molecular weight excluding hydrogens is 190 g/mol. The van der Waals surface area contributed by atoms with Crippen molar-refractivity contribution in [3.8, 4) is 0 Å². The van der Waals surface area contributed by atoms with Crippen LogP contribution in [0.5, 0.6) is 0 Å². The molecule has 3 heterocycles. The average Bonchev–Trinajstić information content (AvgIpc) is 2.86. The standard InChI is InChI=1S/C11H13N3O/c1-2-9-11(12-4-1)14-10(13-9)6-8-3-5-15-7-8/h1-2,4,8H,3,5-7H2,(H,12,13,14). The highest BCUT2D eigenvalue weighted by Crippen LogP contribution is 2.18. The largest absolute Gasteiger partial charge is 0.381 e. The van der Waals surface area contributed by atoms with Gasteiger partial charge >= 0.3 is 0 Å². The van der Waals surface area contributed by atoms with E-state index in [2.05, 4.69) is 15.0 Å². The second kappa shape index (κ2) is 3.62. The summed E-state index contributed by atoms with van der Waals surface area (Å²) in [5.41, 5.74) is 1.83. The van der Waals surface area contributed by atoms with E-state index in [0.29, 0.717) is 5.92 Å². The van der Waals surface area contributed by atoms with E-state index in [0.717, 1.165) is 43.0 Å². The van der Waals surface area contributed by atoms with Crippen LogP contribution in [-0.4, -0.2) is 28.2 Å². The fourth-order valence-electron chi connectivity index (χ4n) is 2.01. The molecule has 0 saturated carbocycles. The maximum Gasteiger partial charge on any atom is 0.177 e. The van der Waals surface area contributed by atoms with Crippen molar-refractivity contribution in [3.63, 3.8) is 0 Å². The van der Waals surface area contributed by atoms with E-state index in [4.69, 9.17) is 4.74 Å². The molecule has 1 atom stereocenters. The minimum atomic E-state index is 0.616. The van der Waals surface area contributed by atoms with Gasteiger partial charge in [0, 0.05) is 25.8 Å². The van der Waals surface area contributed by atoms with Gasteiger partial charge in [-0.1, -0.05) is 0 Å². The molecule has 1 saturated heterocycles. The molecule has 1 aliphatic rings. The van der Waals surface area contributed by atoms with Crippen molar-refractivity contribution in [2.45, 2.75) is 12.8 Å². The van der Waals surface area contributed by atoms with E-state index < -0.39 is 0 Å². The summed E-state index contributed by atoms with van der Waals surface area (Å²) >= 11 is 0. The summed E-state index contributed by atoms with van der Waals surface area (Å²) < 4.78 is 5.35. The Hall–Kier alpha value is -1.42. The first-order chi connectivity index (χ1) is 7.42. The molecule has 1 unspecified atom stereocenters. The van der Waals surface area contributed by atoms with Crippen molar-refractivity contribution >= 4 is 11.2 Å². The van der Waals surface area contributed by atoms with Crippen LogP contribution in [0, 0.1) is 5.92 Å². The van der Waals surface area contributed by atoms with Crippen LogP contribution in [0.4, 0.5) is 0 Å². The maximum absolute atomic E-state index is 5.35. The second-order valence-electron chi connectivity index (χ2n) is 3.99. The number of nitrogens with one attached hydrogen (secondary N) is 1. The molecule has 1 aliphatic heterocycles. The number of ether oxygens (including phenoxy) is 1. The zero-order chi connectivity index (χ0) is 10.1. The SMILES string of the molecule is c1cnc2nc(CC3CCOC3)[nH]c2c1. The van der Waals surface area contributed by atoms with Gasteiger partial charge in [-0.2, -0.15) is 0 Å². The third-order valence-corrected chi connectivity index (χ3v) is 2.81. The number of aromatic nitrogens is 3. The molecule has 4 nitrogen and oxygen atoms in total. The highest BCUT2D eigenvalue weighted by atomic mass is 16.5. The molecule has 1 N–H and O–H groups in total. The van der Waals surface area contributed by atoms with E-state index in [1.807, 2.05) is 12.1 Å². The summed E-state index contributed by atoms with van der Waals surface area (Å²) in [7, 11) is 0. The van der Waals surface area contributed by atoms with Crippen LogP contribution in [0.3, 0.4) is 0 Å². The smallest absolute Gasteiger partial charge is 0.177 e. The highest BCUT2D eigenvalue weighted by Gasteiger charge is 2.17. The van der Waals surface area contributed by atoms with Crippen LogP contribution in [0.25, 0.3) is 11.2 Å². The Morgan fingerprint density at radius 1 is 1.53 bits per heavy atom. The summed E-state index contributed by atoms with van der Waals surface area (Å²) in [6, 6.07) is 3.92. The summed E-state index contributed by atoms with van der Waals surface area (Å²) in [4.78, 5) is 12.0. The van der Waals surface area contributed by atoms with E-state index in [1.54, 1.807) is 6.20 Å². The third kappa shape index (κ3) is 1.72. The van der Waals surface area contributed by atoms with Gasteiger partial charge in [-0.3, -0.25) is 0 Å². The quantitative estimate of drug-likeness (QED) is 0.805. The molecule has 15 heavy (non-hydrogen) atoms. The van der Waals surface area contributed by atoms with Crippen molar-refractivity contribution in [2.24, 2.45) is 5.92 Å². The van der Waals surface area contributed by atoms with Gasteiger partial charge in [-0.15, -0.1) is 0 Å². The summed E-state index contributed by atoms with van der Waals surface area (Å²) in [5, 5.41) is 0. The van der Waals surface area contributed by atoms with Gasteiger partial charge in [0.15, 0.2) is 5.65 Å². The van der Waals surface area contributed by atoms with Crippen molar-refractivity contribution < 1.29 is 4.74 Å². The van der Waals surface area contributed by atoms with Crippen molar-refractivity contribution in [1.29, 1.82) is 0 Å². The lowest BCUT2D eigenvalue weighted by Gasteiger charge is -2.02. The number of hydrogen-bond acceptors (Lipinski definition) is 3. The summed E-state index contributed by atoms with van der Waals surface area (Å²) in [6.07, 6.45) is 3.88. The van der Waals surface area contributed by atoms with Crippen LogP contribution in [0.1, 0.15) is 12.2 Å². The van der Waals surface area contributed by atoms with Gasteiger partial charge < -0.3 is 9.72 Å². The molecule has 0 amide bonds. The number of rotatable bonds is 2. The molecule has 2 aromatic rings. The van der Waals surface area contributed by atoms with Gasteiger partial charge in [0.2, 0.25) is 0 Å². The summed E-state index contributed by atoms with van der Waals surface area (Å²) in [5.74, 6) is 1.64. The van der Waals surface area contributed by atoms with E-state index >= 15 is 0 Å². The van der Waals surface area contributed by atoms with Gasteiger partial charge in [-0.05, 0) is 24.5 Å². The van der Waals surface area contributed by atoms with Crippen LogP contribution in [-0.2, 0) is 11.2 Å². The number of aromatic amines is 1. The highest BCUT2D eigenvalue weighted by molar-refractivity contribution is 5.69. The Kier molecular flexibility index (Phi) is 2.14. The molecule has 3 rings (SSSR count). The molecule has 1 fully saturated rings. The predicted molar refractivity (Wildman–Crippen MR) is 56.5 cm³/mol. The van der Waals surface area contributed by atoms with Crippen molar-refractivity contribution in [1.82, 2.24) is 15.0 Å². The molecule has 0 radical (unpaired) electrons. The minimum Gasteiger partial charge on any atom is -0.381 e. The fraction of sp³-hybridized carbons (Fsp3) is 0.455. The number of H-pyrrole nitrogens is 1. The van der Waals surface area contributed by atoms with Crippen molar-refractivity contribution in [2.75, 3.05) is 13.2 Å². The average molecular weight is 203 g/mol. The van der Waals surface area contributed by atoms with Crippen LogP contribution >= 0.6 is 0 Å².